The SMILES string of the molecule is CC(C)c1cc2c(-c3ccc(C(C)(C)C)cc3)cccc2[cH-]1.CCCc1ccc(-c2ccc(C(C)(C)C)cc2)c2cc(C)[cH-]c12.[CH3-].[CH3-].[Si]=[Zr]. The van der Waals surface area contributed by atoms with Crippen LogP contribution in [0.3, 0.4) is 0 Å². The van der Waals surface area contributed by atoms with Gasteiger partial charge in [-0.15, -0.1) is 68.6 Å². The van der Waals surface area contributed by atoms with Gasteiger partial charge in [0.1, 0.15) is 0 Å². The van der Waals surface area contributed by atoms with Crippen molar-refractivity contribution in [1.29, 1.82) is 0 Å². The van der Waals surface area contributed by atoms with Gasteiger partial charge in [0, 0.05) is 0 Å². The van der Waals surface area contributed by atoms with Gasteiger partial charge in [-0.1, -0.05) is 154 Å². The maximum absolute atomic E-state index is 3.06. The minimum atomic E-state index is 0. The van der Waals surface area contributed by atoms with Gasteiger partial charge in [0.2, 0.25) is 0 Å². The molecule has 0 heterocycles. The average molecular weight is 742 g/mol. The molecule has 0 atom stereocenters. The minimum absolute atomic E-state index is 0. The Morgan fingerprint density at radius 3 is 1.63 bits per heavy atom. The third-order valence-corrected chi connectivity index (χ3v) is 9.20. The zero-order valence-corrected chi connectivity index (χ0v) is 35.8. The van der Waals surface area contributed by atoms with Crippen LogP contribution in [0.5, 0.6) is 0 Å². The van der Waals surface area contributed by atoms with Crippen LogP contribution < -0.4 is 0 Å². The first-order valence-corrected chi connectivity index (χ1v) is 21.3. The molecule has 0 fully saturated rings. The van der Waals surface area contributed by atoms with Crippen LogP contribution >= 0.6 is 0 Å². The van der Waals surface area contributed by atoms with Crippen molar-refractivity contribution in [3.8, 4) is 22.3 Å². The average Bonchev–Trinajstić information content (AvgIpc) is 3.66. The Labute approximate surface area is 316 Å². The first-order valence-electron chi connectivity index (χ1n) is 17.1. The Kier molecular flexibility index (Phi) is 15.5. The van der Waals surface area contributed by atoms with E-state index in [1.165, 1.54) is 101 Å². The van der Waals surface area contributed by atoms with Gasteiger partial charge in [0.05, 0.1) is 0 Å². The first kappa shape index (κ1) is 42.4. The van der Waals surface area contributed by atoms with Crippen molar-refractivity contribution in [2.45, 2.75) is 98.8 Å². The molecule has 0 aliphatic heterocycles. The van der Waals surface area contributed by atoms with Gasteiger partial charge in [-0.2, -0.15) is 12.1 Å². The predicted molar refractivity (Wildman–Crippen MR) is 219 cm³/mol. The van der Waals surface area contributed by atoms with E-state index < -0.39 is 0 Å². The summed E-state index contributed by atoms with van der Waals surface area (Å²) in [6.07, 6.45) is 2.35. The number of benzene rings is 4. The summed E-state index contributed by atoms with van der Waals surface area (Å²) in [6.45, 7) is 25.6. The van der Waals surface area contributed by atoms with Crippen molar-refractivity contribution >= 4 is 28.4 Å². The summed E-state index contributed by atoms with van der Waals surface area (Å²) in [6, 6.07) is 38.7. The second-order valence-electron chi connectivity index (χ2n) is 15.3. The molecule has 0 N–H and O–H groups in total. The molecular weight excluding hydrogens is 684 g/mol. The third-order valence-electron chi connectivity index (χ3n) is 9.20. The van der Waals surface area contributed by atoms with E-state index in [2.05, 4.69) is 179 Å². The molecule has 2 radical (unpaired) electrons. The van der Waals surface area contributed by atoms with E-state index in [0.717, 1.165) is 6.42 Å². The Hall–Kier alpha value is -2.80. The molecule has 0 unspecified atom stereocenters. The molecule has 0 spiro atoms. The van der Waals surface area contributed by atoms with Crippen LogP contribution in [0.4, 0.5) is 0 Å². The summed E-state index contributed by atoms with van der Waals surface area (Å²) in [5.74, 6) is 0.573. The van der Waals surface area contributed by atoms with Gasteiger partial charge in [0.25, 0.3) is 0 Å². The molecule has 0 nitrogen and oxygen atoms in total. The van der Waals surface area contributed by atoms with Crippen molar-refractivity contribution in [2.24, 2.45) is 0 Å². The molecule has 6 aromatic rings. The summed E-state index contributed by atoms with van der Waals surface area (Å²) in [5, 5.41) is 5.55. The molecular formula is C47H58SiZr-4. The molecule has 49 heavy (non-hydrogen) atoms. The Morgan fingerprint density at radius 2 is 1.16 bits per heavy atom. The van der Waals surface area contributed by atoms with Crippen LogP contribution in [0.15, 0.2) is 103 Å². The third kappa shape index (κ3) is 10.1. The van der Waals surface area contributed by atoms with Crippen LogP contribution in [-0.4, -0.2) is 6.88 Å². The number of aryl methyl sites for hydroxylation is 2. The molecule has 0 aliphatic rings. The molecule has 258 valence electrons. The predicted octanol–water partition coefficient (Wildman–Crippen LogP) is 13.9. The molecule has 0 saturated carbocycles. The van der Waals surface area contributed by atoms with Crippen LogP contribution in [0.2, 0.25) is 0 Å². The van der Waals surface area contributed by atoms with E-state index in [4.69, 9.17) is 0 Å². The standard InChI is InChI=1S/C23H27.C22H25.2CH3.Si.Zr/c1-6-7-17-10-13-20(22-15-16(2)14-21(17)22)18-8-11-19(12-9-18)23(3,4)5;1-15(2)18-13-17-7-6-8-20(21(17)14-18)16-9-11-19(12-10-16)22(3,4)5;;;;/h8-15H,6-7H2,1-5H3;6-15H,1-5H3;2*1H3;;/q4*-1;;. The van der Waals surface area contributed by atoms with E-state index in [1.807, 2.05) is 0 Å². The van der Waals surface area contributed by atoms with Crippen LogP contribution in [-0.2, 0) is 40.6 Å². The Morgan fingerprint density at radius 1 is 0.653 bits per heavy atom. The summed E-state index contributed by atoms with van der Waals surface area (Å²) in [5.41, 5.74) is 12.8. The molecule has 0 bridgehead atoms. The van der Waals surface area contributed by atoms with Gasteiger partial charge in [-0.25, -0.2) is 0 Å². The van der Waals surface area contributed by atoms with Crippen molar-refractivity contribution in [3.63, 3.8) is 0 Å². The summed E-state index contributed by atoms with van der Waals surface area (Å²) >= 11 is 1.36. The summed E-state index contributed by atoms with van der Waals surface area (Å²) in [4.78, 5) is 0. The summed E-state index contributed by atoms with van der Waals surface area (Å²) < 4.78 is 0. The fourth-order valence-electron chi connectivity index (χ4n) is 6.39. The zero-order chi connectivity index (χ0) is 34.5. The van der Waals surface area contributed by atoms with Crippen molar-refractivity contribution in [3.05, 3.63) is 146 Å². The van der Waals surface area contributed by atoms with Gasteiger partial charge >= 0.3 is 30.2 Å². The molecule has 6 rings (SSSR count). The normalized spacial score (nSPS) is 11.2. The first-order chi connectivity index (χ1) is 22.3. The number of hydrogen-bond acceptors (Lipinski definition) is 0. The summed E-state index contributed by atoms with van der Waals surface area (Å²) in [7, 11) is 0. The van der Waals surface area contributed by atoms with Crippen LogP contribution in [0.25, 0.3) is 43.8 Å². The van der Waals surface area contributed by atoms with Crippen molar-refractivity contribution in [2.75, 3.05) is 0 Å². The second kappa shape index (κ2) is 17.9. The van der Waals surface area contributed by atoms with E-state index >= 15 is 0 Å². The van der Waals surface area contributed by atoms with Gasteiger partial charge in [-0.05, 0) is 39.0 Å². The number of rotatable bonds is 5. The van der Waals surface area contributed by atoms with Crippen molar-refractivity contribution in [1.82, 2.24) is 0 Å². The number of hydrogen-bond donors (Lipinski definition) is 0. The second-order valence-corrected chi connectivity index (χ2v) is 15.3. The number of fused-ring (bicyclic) bond motifs is 2. The van der Waals surface area contributed by atoms with Gasteiger partial charge < -0.3 is 14.9 Å². The molecule has 0 amide bonds. The van der Waals surface area contributed by atoms with Gasteiger partial charge in [0.15, 0.2) is 0 Å². The van der Waals surface area contributed by atoms with Crippen LogP contribution in [0.1, 0.15) is 102 Å². The van der Waals surface area contributed by atoms with E-state index in [1.54, 1.807) is 0 Å². The van der Waals surface area contributed by atoms with Gasteiger partial charge in [-0.3, -0.25) is 0 Å². The Bertz CT molecular complexity index is 1900. The van der Waals surface area contributed by atoms with E-state index in [9.17, 15) is 0 Å². The van der Waals surface area contributed by atoms with Crippen LogP contribution in [0, 0.1) is 21.8 Å². The van der Waals surface area contributed by atoms with E-state index in [0.29, 0.717) is 5.92 Å². The zero-order valence-electron chi connectivity index (χ0n) is 32.3. The fraction of sp³-hybridized carbons (Fsp3) is 0.319. The molecule has 0 saturated heterocycles. The molecule has 2 heteroatoms. The fourth-order valence-corrected chi connectivity index (χ4v) is 6.39. The molecule has 6 aromatic carbocycles. The van der Waals surface area contributed by atoms with E-state index in [-0.39, 0.29) is 25.7 Å². The monoisotopic (exact) mass is 740 g/mol. The molecule has 0 aromatic heterocycles. The van der Waals surface area contributed by atoms with Crippen molar-refractivity contribution < 1.29 is 23.3 Å². The molecule has 0 aliphatic carbocycles. The quantitative estimate of drug-likeness (QED) is 0.122. The topological polar surface area (TPSA) is 0 Å². The maximum atomic E-state index is 3.06. The Balaban J connectivity index is 0.000000312.